The molecule has 1 saturated carbocycles. The molecule has 0 atom stereocenters. The van der Waals surface area contributed by atoms with Crippen molar-refractivity contribution in [1.29, 1.82) is 0 Å². The van der Waals surface area contributed by atoms with Gasteiger partial charge in [-0.2, -0.15) is 26.7 Å². The average Bonchev–Trinajstić information content (AvgIpc) is 2.91. The number of aromatic nitrogens is 3. The van der Waals surface area contributed by atoms with Crippen molar-refractivity contribution in [1.82, 2.24) is 15.0 Å². The predicted molar refractivity (Wildman–Crippen MR) is 84.3 cm³/mol. The van der Waals surface area contributed by atoms with E-state index in [1.807, 2.05) is 11.8 Å². The lowest BCUT2D eigenvalue weighted by Gasteiger charge is -2.40. The largest absolute Gasteiger partial charge is 0.368 e. The Kier molecular flexibility index (Phi) is 3.87. The molecule has 2 heterocycles. The normalized spacial score (nSPS) is 20.8. The Balaban J connectivity index is 1.69. The first kappa shape index (κ1) is 13.7. The number of anilines is 3. The van der Waals surface area contributed by atoms with Crippen LogP contribution < -0.4 is 16.0 Å². The van der Waals surface area contributed by atoms with E-state index in [-0.39, 0.29) is 0 Å². The highest BCUT2D eigenvalue weighted by Crippen LogP contribution is 2.42. The van der Waals surface area contributed by atoms with E-state index in [0.29, 0.717) is 22.6 Å². The van der Waals surface area contributed by atoms with Crippen LogP contribution in [0.5, 0.6) is 0 Å². The summed E-state index contributed by atoms with van der Waals surface area (Å²) in [6.45, 7) is 2.92. The first-order chi connectivity index (χ1) is 9.71. The van der Waals surface area contributed by atoms with E-state index in [4.69, 9.17) is 5.73 Å². The molecular formula is C13H22N6S. The second-order valence-corrected chi connectivity index (χ2v) is 6.88. The molecule has 0 spiro atoms. The number of hydrogen-bond acceptors (Lipinski definition) is 7. The minimum atomic E-state index is 0.302. The highest BCUT2D eigenvalue weighted by Gasteiger charge is 2.36. The van der Waals surface area contributed by atoms with Gasteiger partial charge in [0.2, 0.25) is 17.8 Å². The van der Waals surface area contributed by atoms with Gasteiger partial charge in [-0.15, -0.1) is 0 Å². The van der Waals surface area contributed by atoms with Crippen LogP contribution in [-0.4, -0.2) is 45.6 Å². The lowest BCUT2D eigenvalue weighted by Crippen LogP contribution is -2.40. The highest BCUT2D eigenvalue weighted by molar-refractivity contribution is 8.00. The molecule has 7 heteroatoms. The molecule has 1 saturated heterocycles. The van der Waals surface area contributed by atoms with Crippen molar-refractivity contribution in [3.05, 3.63) is 0 Å². The van der Waals surface area contributed by atoms with Gasteiger partial charge < -0.3 is 16.0 Å². The summed E-state index contributed by atoms with van der Waals surface area (Å²) < 4.78 is 0.356. The molecule has 3 rings (SSSR count). The molecule has 0 aromatic carbocycles. The summed E-state index contributed by atoms with van der Waals surface area (Å²) in [6, 6.07) is 0. The molecule has 0 amide bonds. The maximum atomic E-state index is 5.81. The number of hydrogen-bond donors (Lipinski definition) is 2. The van der Waals surface area contributed by atoms with Gasteiger partial charge in [-0.25, -0.2) is 0 Å². The molecule has 3 N–H and O–H groups in total. The van der Waals surface area contributed by atoms with Gasteiger partial charge in [0.1, 0.15) is 0 Å². The van der Waals surface area contributed by atoms with Crippen LogP contribution in [0.3, 0.4) is 0 Å². The Morgan fingerprint density at radius 2 is 1.95 bits per heavy atom. The Morgan fingerprint density at radius 1 is 1.20 bits per heavy atom. The van der Waals surface area contributed by atoms with Gasteiger partial charge >= 0.3 is 0 Å². The zero-order chi connectivity index (χ0) is 14.0. The fraction of sp³-hybridized carbons (Fsp3) is 0.769. The monoisotopic (exact) mass is 294 g/mol. The van der Waals surface area contributed by atoms with Crippen LogP contribution in [0.25, 0.3) is 0 Å². The molecule has 1 aliphatic heterocycles. The quantitative estimate of drug-likeness (QED) is 0.856. The first-order valence-electron chi connectivity index (χ1n) is 7.26. The van der Waals surface area contributed by atoms with Gasteiger partial charge in [0, 0.05) is 24.4 Å². The molecule has 0 unspecified atom stereocenters. The van der Waals surface area contributed by atoms with Crippen molar-refractivity contribution in [3.63, 3.8) is 0 Å². The van der Waals surface area contributed by atoms with Crippen molar-refractivity contribution < 1.29 is 0 Å². The van der Waals surface area contributed by atoms with Crippen LogP contribution in [-0.2, 0) is 0 Å². The van der Waals surface area contributed by atoms with Crippen molar-refractivity contribution >= 4 is 29.6 Å². The summed E-state index contributed by atoms with van der Waals surface area (Å²) in [5.74, 6) is 1.63. The number of nitrogens with zero attached hydrogens (tertiary/aromatic N) is 4. The standard InChI is InChI=1S/C13H22N6S/c1-20-13(5-4-6-13)9-15-11-16-10(14)17-12(18-11)19-7-2-3-8-19/h2-9H2,1H3,(H3,14,15,16,17,18). The lowest BCUT2D eigenvalue weighted by molar-refractivity contribution is 0.379. The van der Waals surface area contributed by atoms with Crippen LogP contribution in [0.1, 0.15) is 32.1 Å². The predicted octanol–water partition coefficient (Wildman–Crippen LogP) is 1.75. The minimum absolute atomic E-state index is 0.302. The smallest absolute Gasteiger partial charge is 0.231 e. The van der Waals surface area contributed by atoms with Crippen LogP contribution >= 0.6 is 11.8 Å². The molecule has 110 valence electrons. The fourth-order valence-corrected chi connectivity index (χ4v) is 3.70. The summed E-state index contributed by atoms with van der Waals surface area (Å²) in [5.41, 5.74) is 5.81. The Labute approximate surface area is 124 Å². The third-order valence-electron chi connectivity index (χ3n) is 4.30. The summed E-state index contributed by atoms with van der Waals surface area (Å²) in [5, 5.41) is 3.35. The van der Waals surface area contributed by atoms with Crippen molar-refractivity contribution in [2.75, 3.05) is 41.8 Å². The highest BCUT2D eigenvalue weighted by atomic mass is 32.2. The zero-order valence-corrected chi connectivity index (χ0v) is 12.7. The third-order valence-corrected chi connectivity index (χ3v) is 5.71. The lowest BCUT2D eigenvalue weighted by atomic mass is 9.84. The van der Waals surface area contributed by atoms with Crippen LogP contribution in [0.15, 0.2) is 0 Å². The van der Waals surface area contributed by atoms with E-state index in [0.717, 1.165) is 19.6 Å². The molecule has 2 aliphatic rings. The van der Waals surface area contributed by atoms with Crippen LogP contribution in [0.4, 0.5) is 17.8 Å². The molecule has 6 nitrogen and oxygen atoms in total. The third kappa shape index (κ3) is 2.77. The van der Waals surface area contributed by atoms with Gasteiger partial charge in [0.15, 0.2) is 0 Å². The van der Waals surface area contributed by atoms with Crippen molar-refractivity contribution in [2.45, 2.75) is 36.9 Å². The molecule has 2 fully saturated rings. The number of thioether (sulfide) groups is 1. The topological polar surface area (TPSA) is 80.0 Å². The van der Waals surface area contributed by atoms with Gasteiger partial charge in [-0.05, 0) is 31.9 Å². The van der Waals surface area contributed by atoms with E-state index in [1.165, 1.54) is 32.1 Å². The summed E-state index contributed by atoms with van der Waals surface area (Å²) in [6.07, 6.45) is 8.43. The number of rotatable bonds is 5. The van der Waals surface area contributed by atoms with Crippen LogP contribution in [0.2, 0.25) is 0 Å². The van der Waals surface area contributed by atoms with E-state index in [9.17, 15) is 0 Å². The second-order valence-electron chi connectivity index (χ2n) is 5.61. The van der Waals surface area contributed by atoms with Crippen molar-refractivity contribution in [2.24, 2.45) is 0 Å². The molecule has 1 aromatic rings. The Morgan fingerprint density at radius 3 is 2.55 bits per heavy atom. The Bertz CT molecular complexity index is 464. The average molecular weight is 294 g/mol. The summed E-state index contributed by atoms with van der Waals surface area (Å²) in [7, 11) is 0. The van der Waals surface area contributed by atoms with E-state index >= 15 is 0 Å². The minimum Gasteiger partial charge on any atom is -0.368 e. The number of nitrogens with one attached hydrogen (secondary N) is 1. The second kappa shape index (κ2) is 5.63. The van der Waals surface area contributed by atoms with E-state index < -0.39 is 0 Å². The van der Waals surface area contributed by atoms with Crippen molar-refractivity contribution in [3.8, 4) is 0 Å². The van der Waals surface area contributed by atoms with Gasteiger partial charge in [0.05, 0.1) is 0 Å². The SMILES string of the molecule is CSC1(CNc2nc(N)nc(N3CCCC3)n2)CCC1. The maximum Gasteiger partial charge on any atom is 0.231 e. The summed E-state index contributed by atoms with van der Waals surface area (Å²) in [4.78, 5) is 15.2. The molecule has 1 aliphatic carbocycles. The zero-order valence-electron chi connectivity index (χ0n) is 11.9. The molecule has 20 heavy (non-hydrogen) atoms. The van der Waals surface area contributed by atoms with Gasteiger partial charge in [-0.1, -0.05) is 6.42 Å². The van der Waals surface area contributed by atoms with Gasteiger partial charge in [0.25, 0.3) is 0 Å². The summed E-state index contributed by atoms with van der Waals surface area (Å²) >= 11 is 1.94. The number of nitrogens with two attached hydrogens (primary N) is 1. The molecule has 0 bridgehead atoms. The Hall–Kier alpha value is -1.24. The van der Waals surface area contributed by atoms with Gasteiger partial charge in [-0.3, -0.25) is 0 Å². The molecule has 1 aromatic heterocycles. The molecular weight excluding hydrogens is 272 g/mol. The van der Waals surface area contributed by atoms with E-state index in [2.05, 4.69) is 31.4 Å². The van der Waals surface area contributed by atoms with Crippen LogP contribution in [0, 0.1) is 0 Å². The maximum absolute atomic E-state index is 5.81. The first-order valence-corrected chi connectivity index (χ1v) is 8.49. The number of nitrogen functional groups attached to an aromatic ring is 1. The fourth-order valence-electron chi connectivity index (χ4n) is 2.78. The van der Waals surface area contributed by atoms with E-state index in [1.54, 1.807) is 0 Å². The molecule has 0 radical (unpaired) electrons.